The van der Waals surface area contributed by atoms with Crippen molar-refractivity contribution in [2.75, 3.05) is 0 Å². The number of benzene rings is 2. The van der Waals surface area contributed by atoms with Crippen LogP contribution >= 0.6 is 11.6 Å². The highest BCUT2D eigenvalue weighted by molar-refractivity contribution is 6.31. The molecule has 0 aromatic heterocycles. The van der Waals surface area contributed by atoms with E-state index >= 15 is 0 Å². The van der Waals surface area contributed by atoms with Crippen molar-refractivity contribution in [3.05, 3.63) is 64.2 Å². The van der Waals surface area contributed by atoms with E-state index in [1.807, 2.05) is 18.2 Å². The van der Waals surface area contributed by atoms with Crippen LogP contribution in [-0.2, 0) is 13.2 Å². The van der Waals surface area contributed by atoms with Gasteiger partial charge in [0.1, 0.15) is 12.4 Å². The number of ether oxygens (including phenoxy) is 1. The van der Waals surface area contributed by atoms with Gasteiger partial charge in [0.15, 0.2) is 0 Å². The van der Waals surface area contributed by atoms with E-state index in [1.54, 1.807) is 0 Å². The van der Waals surface area contributed by atoms with Crippen molar-refractivity contribution < 1.29 is 4.74 Å². The number of nitrogens with one attached hydrogen (secondary N) is 1. The lowest BCUT2D eigenvalue weighted by molar-refractivity contribution is 0.302. The second kappa shape index (κ2) is 6.50. The molecule has 0 aliphatic heterocycles. The Bertz CT molecular complexity index is 622. The van der Waals surface area contributed by atoms with Gasteiger partial charge in [-0.3, -0.25) is 0 Å². The molecular weight excluding hydrogens is 282 g/mol. The van der Waals surface area contributed by atoms with E-state index < -0.39 is 0 Å². The zero-order chi connectivity index (χ0) is 14.7. The number of aryl methyl sites for hydroxylation is 1. The fourth-order valence-electron chi connectivity index (χ4n) is 2.34. The summed E-state index contributed by atoms with van der Waals surface area (Å²) < 4.78 is 5.99. The monoisotopic (exact) mass is 301 g/mol. The molecule has 0 atom stereocenters. The minimum absolute atomic E-state index is 0.568. The van der Waals surface area contributed by atoms with Crippen molar-refractivity contribution in [2.45, 2.75) is 39.0 Å². The van der Waals surface area contributed by atoms with Gasteiger partial charge in [-0.2, -0.15) is 0 Å². The molecule has 1 aliphatic carbocycles. The van der Waals surface area contributed by atoms with E-state index in [-0.39, 0.29) is 0 Å². The highest BCUT2D eigenvalue weighted by Gasteiger charge is 2.21. The van der Waals surface area contributed by atoms with Gasteiger partial charge in [0.25, 0.3) is 0 Å². The molecule has 3 rings (SSSR count). The van der Waals surface area contributed by atoms with Crippen molar-refractivity contribution in [3.63, 3.8) is 0 Å². The third-order valence-corrected chi connectivity index (χ3v) is 4.05. The molecule has 0 spiro atoms. The van der Waals surface area contributed by atoms with E-state index in [4.69, 9.17) is 16.3 Å². The van der Waals surface area contributed by atoms with Gasteiger partial charge >= 0.3 is 0 Å². The Hall–Kier alpha value is -1.51. The Morgan fingerprint density at radius 1 is 1.19 bits per heavy atom. The summed E-state index contributed by atoms with van der Waals surface area (Å²) in [4.78, 5) is 0. The van der Waals surface area contributed by atoms with Crippen LogP contribution in [0.15, 0.2) is 42.5 Å². The Kier molecular flexibility index (Phi) is 4.47. The number of rotatable bonds is 6. The molecule has 0 unspecified atom stereocenters. The number of hydrogen-bond acceptors (Lipinski definition) is 2. The van der Waals surface area contributed by atoms with Crippen molar-refractivity contribution in [3.8, 4) is 5.75 Å². The topological polar surface area (TPSA) is 21.3 Å². The standard InChI is InChI=1S/C18H20ClNO/c1-13-4-2-5-14(10-13)12-21-18-7-3-6-17(19)16(18)11-20-15-8-9-15/h2-7,10,15,20H,8-9,11-12H2,1H3. The van der Waals surface area contributed by atoms with E-state index in [2.05, 4.69) is 36.5 Å². The van der Waals surface area contributed by atoms with Gasteiger partial charge < -0.3 is 10.1 Å². The van der Waals surface area contributed by atoms with E-state index in [1.165, 1.54) is 24.0 Å². The van der Waals surface area contributed by atoms with Crippen LogP contribution in [-0.4, -0.2) is 6.04 Å². The predicted octanol–water partition coefficient (Wildman–Crippen LogP) is 4.48. The van der Waals surface area contributed by atoms with Crippen LogP contribution in [0.1, 0.15) is 29.5 Å². The van der Waals surface area contributed by atoms with Crippen LogP contribution in [0.25, 0.3) is 0 Å². The van der Waals surface area contributed by atoms with E-state index in [9.17, 15) is 0 Å². The summed E-state index contributed by atoms with van der Waals surface area (Å²) in [5.41, 5.74) is 3.48. The smallest absolute Gasteiger partial charge is 0.125 e. The van der Waals surface area contributed by atoms with Crippen LogP contribution in [0.5, 0.6) is 5.75 Å². The van der Waals surface area contributed by atoms with Crippen LogP contribution in [0.2, 0.25) is 5.02 Å². The summed E-state index contributed by atoms with van der Waals surface area (Å²) in [6, 6.07) is 14.9. The average Bonchev–Trinajstić information content (AvgIpc) is 3.28. The van der Waals surface area contributed by atoms with E-state index in [0.29, 0.717) is 12.6 Å². The van der Waals surface area contributed by atoms with Gasteiger partial charge in [-0.25, -0.2) is 0 Å². The zero-order valence-corrected chi connectivity index (χ0v) is 13.0. The third-order valence-electron chi connectivity index (χ3n) is 3.70. The molecule has 0 bridgehead atoms. The molecular formula is C18H20ClNO. The quantitative estimate of drug-likeness (QED) is 0.849. The third kappa shape index (κ3) is 3.99. The van der Waals surface area contributed by atoms with Gasteiger partial charge in [0, 0.05) is 23.2 Å². The minimum atomic E-state index is 0.568. The molecule has 0 heterocycles. The molecule has 110 valence electrons. The fourth-order valence-corrected chi connectivity index (χ4v) is 2.58. The SMILES string of the molecule is Cc1cccc(COc2cccc(Cl)c2CNC2CC2)c1. The lowest BCUT2D eigenvalue weighted by Gasteiger charge is -2.14. The number of halogens is 1. The van der Waals surface area contributed by atoms with Gasteiger partial charge in [-0.05, 0) is 37.5 Å². The molecule has 0 amide bonds. The maximum Gasteiger partial charge on any atom is 0.125 e. The molecule has 1 N–H and O–H groups in total. The molecule has 21 heavy (non-hydrogen) atoms. The van der Waals surface area contributed by atoms with Crippen molar-refractivity contribution in [2.24, 2.45) is 0 Å². The van der Waals surface area contributed by atoms with Crippen molar-refractivity contribution >= 4 is 11.6 Å². The molecule has 2 aromatic carbocycles. The summed E-state index contributed by atoms with van der Waals surface area (Å²) in [6.07, 6.45) is 2.54. The summed E-state index contributed by atoms with van der Waals surface area (Å²) in [5, 5.41) is 4.27. The first-order valence-electron chi connectivity index (χ1n) is 7.41. The summed E-state index contributed by atoms with van der Waals surface area (Å²) in [5.74, 6) is 0.872. The second-order valence-corrected chi connectivity index (χ2v) is 6.06. The van der Waals surface area contributed by atoms with Gasteiger partial charge in [-0.1, -0.05) is 47.5 Å². The zero-order valence-electron chi connectivity index (χ0n) is 12.2. The van der Waals surface area contributed by atoms with Gasteiger partial charge in [0.05, 0.1) is 0 Å². The Balaban J connectivity index is 1.70. The minimum Gasteiger partial charge on any atom is -0.489 e. The Morgan fingerprint density at radius 3 is 2.76 bits per heavy atom. The highest BCUT2D eigenvalue weighted by atomic mass is 35.5. The van der Waals surface area contributed by atoms with Crippen molar-refractivity contribution in [1.82, 2.24) is 5.32 Å². The Labute approximate surface area is 131 Å². The van der Waals surface area contributed by atoms with Crippen LogP contribution in [0.4, 0.5) is 0 Å². The molecule has 3 heteroatoms. The normalized spacial score (nSPS) is 14.2. The fraction of sp³-hybridized carbons (Fsp3) is 0.333. The summed E-state index contributed by atoms with van der Waals surface area (Å²) in [7, 11) is 0. The summed E-state index contributed by atoms with van der Waals surface area (Å²) in [6.45, 7) is 3.43. The largest absolute Gasteiger partial charge is 0.489 e. The first-order valence-corrected chi connectivity index (χ1v) is 7.79. The molecule has 2 nitrogen and oxygen atoms in total. The maximum absolute atomic E-state index is 6.32. The average molecular weight is 302 g/mol. The van der Waals surface area contributed by atoms with Gasteiger partial charge in [0.2, 0.25) is 0 Å². The van der Waals surface area contributed by atoms with E-state index in [0.717, 1.165) is 22.9 Å². The number of hydrogen-bond donors (Lipinski definition) is 1. The summed E-state index contributed by atoms with van der Waals surface area (Å²) >= 11 is 6.32. The lowest BCUT2D eigenvalue weighted by Crippen LogP contribution is -2.16. The molecule has 1 fully saturated rings. The molecule has 2 aromatic rings. The molecule has 1 saturated carbocycles. The first kappa shape index (κ1) is 14.4. The first-order chi connectivity index (χ1) is 10.2. The second-order valence-electron chi connectivity index (χ2n) is 5.65. The maximum atomic E-state index is 6.32. The van der Waals surface area contributed by atoms with Crippen LogP contribution in [0.3, 0.4) is 0 Å². The predicted molar refractivity (Wildman–Crippen MR) is 86.8 cm³/mol. The Morgan fingerprint density at radius 2 is 2.00 bits per heavy atom. The highest BCUT2D eigenvalue weighted by Crippen LogP contribution is 2.28. The molecule has 0 radical (unpaired) electrons. The van der Waals surface area contributed by atoms with Crippen LogP contribution < -0.4 is 10.1 Å². The molecule has 0 saturated heterocycles. The van der Waals surface area contributed by atoms with Crippen molar-refractivity contribution in [1.29, 1.82) is 0 Å². The molecule has 1 aliphatic rings. The van der Waals surface area contributed by atoms with Crippen LogP contribution in [0, 0.1) is 6.92 Å². The van der Waals surface area contributed by atoms with Gasteiger partial charge in [-0.15, -0.1) is 0 Å². The lowest BCUT2D eigenvalue weighted by atomic mass is 10.1.